The van der Waals surface area contributed by atoms with E-state index in [0.717, 1.165) is 89.9 Å². The smallest absolute Gasteiger partial charge is 0.306 e. The van der Waals surface area contributed by atoms with Gasteiger partial charge in [0, 0.05) is 12.8 Å². The molecule has 5 nitrogen and oxygen atoms in total. The van der Waals surface area contributed by atoms with Gasteiger partial charge in [0.05, 0.1) is 6.61 Å². The first kappa shape index (κ1) is 41.3. The number of carbonyl (C=O) groups excluding carboxylic acids is 2. The first-order valence-electron chi connectivity index (χ1n) is 17.6. The lowest BCUT2D eigenvalue weighted by Gasteiger charge is -2.15. The summed E-state index contributed by atoms with van der Waals surface area (Å²) in [5.74, 6) is -0.647. The summed E-state index contributed by atoms with van der Waals surface area (Å²) in [7, 11) is 0. The molecule has 0 saturated carbocycles. The molecule has 44 heavy (non-hydrogen) atoms. The van der Waals surface area contributed by atoms with Crippen molar-refractivity contribution in [1.82, 2.24) is 0 Å². The Balaban J connectivity index is 3.70. The van der Waals surface area contributed by atoms with Crippen molar-refractivity contribution in [3.63, 3.8) is 0 Å². The largest absolute Gasteiger partial charge is 0.462 e. The first-order chi connectivity index (χ1) is 21.6. The third-order valence-corrected chi connectivity index (χ3v) is 7.10. The molecular formula is C39H64O5. The minimum absolute atomic E-state index is 0.0891. The van der Waals surface area contributed by atoms with Crippen molar-refractivity contribution in [2.45, 2.75) is 148 Å². The Morgan fingerprint density at radius 3 is 1.34 bits per heavy atom. The van der Waals surface area contributed by atoms with Gasteiger partial charge < -0.3 is 14.6 Å². The number of rotatable bonds is 30. The van der Waals surface area contributed by atoms with E-state index in [2.05, 4.69) is 86.8 Å². The lowest BCUT2D eigenvalue weighted by atomic mass is 10.1. The Morgan fingerprint density at radius 2 is 0.909 bits per heavy atom. The number of ether oxygens (including phenoxy) is 2. The number of hydrogen-bond acceptors (Lipinski definition) is 5. The average Bonchev–Trinajstić information content (AvgIpc) is 3.02. The lowest BCUT2D eigenvalue weighted by Crippen LogP contribution is -2.28. The van der Waals surface area contributed by atoms with E-state index in [9.17, 15) is 14.7 Å². The summed E-state index contributed by atoms with van der Waals surface area (Å²) in [6, 6.07) is 0. The predicted molar refractivity (Wildman–Crippen MR) is 186 cm³/mol. The van der Waals surface area contributed by atoms with Crippen molar-refractivity contribution in [2.75, 3.05) is 13.2 Å². The zero-order valence-electron chi connectivity index (χ0n) is 28.1. The Kier molecular flexibility index (Phi) is 32.7. The number of allylic oxidation sites excluding steroid dienone is 12. The van der Waals surface area contributed by atoms with Crippen LogP contribution >= 0.6 is 0 Å². The molecule has 0 amide bonds. The second kappa shape index (κ2) is 34.8. The standard InChI is InChI=1S/C39H64O5/c1-3-5-7-9-11-13-15-17-19-21-23-25-27-29-31-33-38(41)43-36-37(35-40)44-39(42)34-32-30-28-26-24-22-20-18-16-14-12-10-8-6-4-2/h9-20,37,40H,3-8,21-36H2,1-2H3. The molecule has 0 heterocycles. The molecule has 1 unspecified atom stereocenters. The van der Waals surface area contributed by atoms with Crippen LogP contribution in [0.2, 0.25) is 0 Å². The van der Waals surface area contributed by atoms with Gasteiger partial charge in [0.25, 0.3) is 0 Å². The highest BCUT2D eigenvalue weighted by atomic mass is 16.6. The van der Waals surface area contributed by atoms with Crippen LogP contribution in [-0.4, -0.2) is 36.4 Å². The molecule has 0 saturated heterocycles. The van der Waals surface area contributed by atoms with E-state index in [1.165, 1.54) is 25.7 Å². The summed E-state index contributed by atoms with van der Waals surface area (Å²) < 4.78 is 10.5. The quantitative estimate of drug-likeness (QED) is 0.0496. The van der Waals surface area contributed by atoms with Gasteiger partial charge in [-0.3, -0.25) is 9.59 Å². The van der Waals surface area contributed by atoms with Crippen LogP contribution in [-0.2, 0) is 19.1 Å². The second-order valence-corrected chi connectivity index (χ2v) is 11.4. The van der Waals surface area contributed by atoms with E-state index in [-0.39, 0.29) is 25.2 Å². The van der Waals surface area contributed by atoms with Gasteiger partial charge in [-0.2, -0.15) is 0 Å². The third-order valence-electron chi connectivity index (χ3n) is 7.10. The molecule has 1 N–H and O–H groups in total. The normalized spacial score (nSPS) is 13.1. The Hall–Kier alpha value is -2.66. The van der Waals surface area contributed by atoms with Crippen LogP contribution in [0.3, 0.4) is 0 Å². The molecule has 0 rings (SSSR count). The molecule has 0 bridgehead atoms. The minimum Gasteiger partial charge on any atom is -0.462 e. The Labute approximate surface area is 270 Å². The Bertz CT molecular complexity index is 833. The maximum Gasteiger partial charge on any atom is 0.306 e. The highest BCUT2D eigenvalue weighted by Crippen LogP contribution is 2.11. The van der Waals surface area contributed by atoms with Crippen molar-refractivity contribution < 1.29 is 24.2 Å². The average molecular weight is 613 g/mol. The molecule has 1 atom stereocenters. The molecule has 5 heteroatoms. The van der Waals surface area contributed by atoms with Crippen LogP contribution in [0, 0.1) is 0 Å². The predicted octanol–water partition coefficient (Wildman–Crippen LogP) is 10.6. The van der Waals surface area contributed by atoms with Gasteiger partial charge in [-0.05, 0) is 51.4 Å². The van der Waals surface area contributed by atoms with Crippen molar-refractivity contribution in [3.05, 3.63) is 72.9 Å². The number of esters is 2. The maximum absolute atomic E-state index is 12.1. The molecule has 0 aliphatic heterocycles. The summed E-state index contributed by atoms with van der Waals surface area (Å²) in [5.41, 5.74) is 0. The van der Waals surface area contributed by atoms with E-state index in [4.69, 9.17) is 9.47 Å². The fourth-order valence-electron chi connectivity index (χ4n) is 4.35. The third kappa shape index (κ3) is 32.3. The molecule has 0 spiro atoms. The number of aliphatic hydroxyl groups excluding tert-OH is 1. The molecule has 0 radical (unpaired) electrons. The van der Waals surface area contributed by atoms with E-state index < -0.39 is 6.10 Å². The van der Waals surface area contributed by atoms with Crippen molar-refractivity contribution in [3.8, 4) is 0 Å². The van der Waals surface area contributed by atoms with Crippen LogP contribution in [0.4, 0.5) is 0 Å². The minimum atomic E-state index is -0.793. The fraction of sp³-hybridized carbons (Fsp3) is 0.641. The lowest BCUT2D eigenvalue weighted by molar-refractivity contribution is -0.161. The molecule has 0 fully saturated rings. The van der Waals surface area contributed by atoms with E-state index in [1.54, 1.807) is 0 Å². The highest BCUT2D eigenvalue weighted by molar-refractivity contribution is 5.70. The number of unbranched alkanes of at least 4 members (excludes halogenated alkanes) is 14. The summed E-state index contributed by atoms with van der Waals surface area (Å²) >= 11 is 0. The summed E-state index contributed by atoms with van der Waals surface area (Å²) in [5, 5.41) is 9.52. The molecule has 0 aromatic heterocycles. The van der Waals surface area contributed by atoms with Crippen molar-refractivity contribution in [1.29, 1.82) is 0 Å². The zero-order valence-corrected chi connectivity index (χ0v) is 28.1. The van der Waals surface area contributed by atoms with E-state index >= 15 is 0 Å². The monoisotopic (exact) mass is 612 g/mol. The van der Waals surface area contributed by atoms with E-state index in [1.807, 2.05) is 0 Å². The van der Waals surface area contributed by atoms with Crippen molar-refractivity contribution >= 4 is 11.9 Å². The number of aliphatic hydroxyl groups is 1. The molecule has 0 aliphatic carbocycles. The number of hydrogen-bond donors (Lipinski definition) is 1. The van der Waals surface area contributed by atoms with Crippen molar-refractivity contribution in [2.24, 2.45) is 0 Å². The van der Waals surface area contributed by atoms with Crippen LogP contribution < -0.4 is 0 Å². The highest BCUT2D eigenvalue weighted by Gasteiger charge is 2.16. The summed E-state index contributed by atoms with van der Waals surface area (Å²) in [6.07, 6.45) is 45.1. The molecule has 0 aromatic rings. The number of carbonyl (C=O) groups is 2. The van der Waals surface area contributed by atoms with Crippen LogP contribution in [0.25, 0.3) is 0 Å². The van der Waals surface area contributed by atoms with Gasteiger partial charge in [-0.25, -0.2) is 0 Å². The van der Waals surface area contributed by atoms with Gasteiger partial charge in [0.2, 0.25) is 0 Å². The maximum atomic E-state index is 12.1. The van der Waals surface area contributed by atoms with E-state index in [0.29, 0.717) is 12.8 Å². The molecule has 0 aromatic carbocycles. The molecule has 250 valence electrons. The summed E-state index contributed by atoms with van der Waals surface area (Å²) in [4.78, 5) is 24.2. The first-order valence-corrected chi connectivity index (χ1v) is 17.6. The van der Waals surface area contributed by atoms with Crippen LogP contribution in [0.15, 0.2) is 72.9 Å². The van der Waals surface area contributed by atoms with Gasteiger partial charge >= 0.3 is 11.9 Å². The Morgan fingerprint density at radius 1 is 0.523 bits per heavy atom. The van der Waals surface area contributed by atoms with Gasteiger partial charge in [0.15, 0.2) is 6.10 Å². The zero-order chi connectivity index (χ0) is 32.2. The van der Waals surface area contributed by atoms with Gasteiger partial charge in [-0.15, -0.1) is 0 Å². The topological polar surface area (TPSA) is 72.8 Å². The summed E-state index contributed by atoms with van der Waals surface area (Å²) in [6.45, 7) is 3.97. The van der Waals surface area contributed by atoms with Gasteiger partial charge in [-0.1, -0.05) is 151 Å². The molecular weight excluding hydrogens is 548 g/mol. The molecule has 0 aliphatic rings. The SMILES string of the molecule is CCCCC=CC=CC=CCCCCCCCC(=O)OCC(CO)OC(=O)CCCCCCCC=CC=CC=CCCCC. The van der Waals surface area contributed by atoms with Crippen LogP contribution in [0.1, 0.15) is 142 Å². The fourth-order valence-corrected chi connectivity index (χ4v) is 4.35. The van der Waals surface area contributed by atoms with Gasteiger partial charge in [0.1, 0.15) is 6.61 Å². The van der Waals surface area contributed by atoms with Crippen LogP contribution in [0.5, 0.6) is 0 Å². The second-order valence-electron chi connectivity index (χ2n) is 11.4.